The van der Waals surface area contributed by atoms with E-state index in [4.69, 9.17) is 13.9 Å². The van der Waals surface area contributed by atoms with Gasteiger partial charge >= 0.3 is 5.97 Å². The Hall–Kier alpha value is -2.97. The number of furan rings is 1. The normalized spacial score (nSPS) is 17.3. The highest BCUT2D eigenvalue weighted by Gasteiger charge is 2.30. The first-order valence-electron chi connectivity index (χ1n) is 8.68. The van der Waals surface area contributed by atoms with Gasteiger partial charge in [-0.15, -0.1) is 5.10 Å². The molecule has 0 saturated carbocycles. The van der Waals surface area contributed by atoms with Crippen LogP contribution in [0.1, 0.15) is 33.6 Å². The molecule has 8 heteroatoms. The highest BCUT2D eigenvalue weighted by Crippen LogP contribution is 2.27. The Morgan fingerprint density at radius 3 is 2.85 bits per heavy atom. The van der Waals surface area contributed by atoms with Crippen LogP contribution in [0.15, 0.2) is 53.3 Å². The van der Waals surface area contributed by atoms with E-state index in [1.807, 2.05) is 30.5 Å². The van der Waals surface area contributed by atoms with E-state index in [9.17, 15) is 4.79 Å². The summed E-state index contributed by atoms with van der Waals surface area (Å²) in [5.41, 5.74) is 2.30. The second-order valence-corrected chi connectivity index (χ2v) is 6.30. The van der Waals surface area contributed by atoms with Crippen LogP contribution in [-0.2, 0) is 22.6 Å². The van der Waals surface area contributed by atoms with Crippen LogP contribution in [0.5, 0.6) is 0 Å². The van der Waals surface area contributed by atoms with Gasteiger partial charge in [0.1, 0.15) is 11.5 Å². The Morgan fingerprint density at radius 2 is 2.11 bits per heavy atom. The molecule has 3 aromatic rings. The molecule has 0 unspecified atom stereocenters. The van der Waals surface area contributed by atoms with Crippen molar-refractivity contribution in [3.05, 3.63) is 71.4 Å². The molecule has 0 aliphatic carbocycles. The lowest BCUT2D eigenvalue weighted by Crippen LogP contribution is -2.23. The Balaban J connectivity index is 1.42. The molecule has 0 radical (unpaired) electrons. The maximum Gasteiger partial charge on any atom is 0.337 e. The van der Waals surface area contributed by atoms with Crippen molar-refractivity contribution in [2.24, 2.45) is 0 Å². The first kappa shape index (κ1) is 17.4. The molecule has 4 rings (SSSR count). The van der Waals surface area contributed by atoms with Gasteiger partial charge in [-0.25, -0.2) is 9.48 Å². The predicted molar refractivity (Wildman–Crippen MR) is 94.7 cm³/mol. The maximum atomic E-state index is 11.5. The Morgan fingerprint density at radius 1 is 1.26 bits per heavy atom. The van der Waals surface area contributed by atoms with Crippen molar-refractivity contribution in [2.75, 3.05) is 20.3 Å². The SMILES string of the molecule is COC(=O)c1ccc(Cn2cc([C@@H]3OCCN3Cc3ccco3)nn2)cc1. The van der Waals surface area contributed by atoms with Gasteiger partial charge in [0.2, 0.25) is 0 Å². The molecule has 1 saturated heterocycles. The zero-order valence-corrected chi connectivity index (χ0v) is 14.9. The number of nitrogens with zero attached hydrogens (tertiary/aromatic N) is 4. The van der Waals surface area contributed by atoms with Crippen molar-refractivity contribution in [3.63, 3.8) is 0 Å². The number of esters is 1. The summed E-state index contributed by atoms with van der Waals surface area (Å²) < 4.78 is 17.7. The molecule has 1 fully saturated rings. The Kier molecular flexibility index (Phi) is 4.99. The van der Waals surface area contributed by atoms with Crippen LogP contribution < -0.4 is 0 Å². The van der Waals surface area contributed by atoms with Gasteiger partial charge in [-0.2, -0.15) is 0 Å². The minimum atomic E-state index is -0.348. The molecule has 140 valence electrons. The van der Waals surface area contributed by atoms with Crippen LogP contribution >= 0.6 is 0 Å². The zero-order chi connectivity index (χ0) is 18.6. The van der Waals surface area contributed by atoms with Gasteiger partial charge in [0.05, 0.1) is 44.8 Å². The van der Waals surface area contributed by atoms with Crippen LogP contribution in [-0.4, -0.2) is 46.1 Å². The molecule has 27 heavy (non-hydrogen) atoms. The van der Waals surface area contributed by atoms with E-state index >= 15 is 0 Å². The molecule has 2 aromatic heterocycles. The summed E-state index contributed by atoms with van der Waals surface area (Å²) in [5, 5.41) is 8.48. The summed E-state index contributed by atoms with van der Waals surface area (Å²) in [6.07, 6.45) is 3.33. The number of ether oxygens (including phenoxy) is 2. The van der Waals surface area contributed by atoms with E-state index in [0.29, 0.717) is 25.3 Å². The fourth-order valence-corrected chi connectivity index (χ4v) is 3.10. The number of methoxy groups -OCH3 is 1. The standard InChI is InChI=1S/C19H20N4O4/c1-25-19(24)15-6-4-14(5-7-15)11-23-13-17(20-21-23)18-22(8-10-27-18)12-16-3-2-9-26-16/h2-7,9,13,18H,8,10-12H2,1H3/t18-/m0/s1. The van der Waals surface area contributed by atoms with Crippen LogP contribution in [0.2, 0.25) is 0 Å². The molecule has 1 atom stereocenters. The third kappa shape index (κ3) is 3.91. The highest BCUT2D eigenvalue weighted by atomic mass is 16.5. The summed E-state index contributed by atoms with van der Waals surface area (Å²) in [4.78, 5) is 13.7. The third-order valence-electron chi connectivity index (χ3n) is 4.45. The number of hydrogen-bond donors (Lipinski definition) is 0. The van der Waals surface area contributed by atoms with Crippen molar-refractivity contribution in [3.8, 4) is 0 Å². The molecule has 0 N–H and O–H groups in total. The number of benzene rings is 1. The van der Waals surface area contributed by atoms with Crippen molar-refractivity contribution >= 4 is 5.97 Å². The maximum absolute atomic E-state index is 11.5. The van der Waals surface area contributed by atoms with Crippen LogP contribution in [0.25, 0.3) is 0 Å². The molecule has 1 aliphatic rings. The van der Waals surface area contributed by atoms with Crippen molar-refractivity contribution in [1.29, 1.82) is 0 Å². The molecule has 3 heterocycles. The topological polar surface area (TPSA) is 82.6 Å². The largest absolute Gasteiger partial charge is 0.468 e. The van der Waals surface area contributed by atoms with E-state index < -0.39 is 0 Å². The summed E-state index contributed by atoms with van der Waals surface area (Å²) in [5.74, 6) is 0.545. The lowest BCUT2D eigenvalue weighted by atomic mass is 10.1. The predicted octanol–water partition coefficient (Wildman–Crippen LogP) is 2.24. The number of carbonyl (C=O) groups excluding carboxylic acids is 1. The van der Waals surface area contributed by atoms with Crippen LogP contribution in [0.4, 0.5) is 0 Å². The molecule has 0 amide bonds. The van der Waals surface area contributed by atoms with Crippen molar-refractivity contribution in [2.45, 2.75) is 19.3 Å². The van der Waals surface area contributed by atoms with Crippen LogP contribution in [0.3, 0.4) is 0 Å². The summed E-state index contributed by atoms with van der Waals surface area (Å²) in [7, 11) is 1.37. The monoisotopic (exact) mass is 368 g/mol. The van der Waals surface area contributed by atoms with Gasteiger partial charge < -0.3 is 13.9 Å². The van der Waals surface area contributed by atoms with Gasteiger partial charge in [-0.1, -0.05) is 17.3 Å². The smallest absolute Gasteiger partial charge is 0.337 e. The zero-order valence-electron chi connectivity index (χ0n) is 14.9. The fraction of sp³-hybridized carbons (Fsp3) is 0.316. The molecular formula is C19H20N4O4. The van der Waals surface area contributed by atoms with E-state index in [1.54, 1.807) is 23.1 Å². The lowest BCUT2D eigenvalue weighted by molar-refractivity contribution is 0.0223. The molecule has 1 aliphatic heterocycles. The first-order valence-corrected chi connectivity index (χ1v) is 8.68. The van der Waals surface area contributed by atoms with Gasteiger partial charge in [-0.3, -0.25) is 4.90 Å². The van der Waals surface area contributed by atoms with E-state index in [2.05, 4.69) is 15.2 Å². The third-order valence-corrected chi connectivity index (χ3v) is 4.45. The summed E-state index contributed by atoms with van der Waals surface area (Å²) in [6.45, 7) is 2.68. The van der Waals surface area contributed by atoms with Crippen LogP contribution in [0, 0.1) is 0 Å². The Bertz CT molecular complexity index is 889. The van der Waals surface area contributed by atoms with E-state index in [-0.39, 0.29) is 12.2 Å². The lowest BCUT2D eigenvalue weighted by Gasteiger charge is -2.19. The fourth-order valence-electron chi connectivity index (χ4n) is 3.10. The first-order chi connectivity index (χ1) is 13.2. The minimum Gasteiger partial charge on any atom is -0.468 e. The second-order valence-electron chi connectivity index (χ2n) is 6.30. The molecule has 8 nitrogen and oxygen atoms in total. The molecule has 0 bridgehead atoms. The summed E-state index contributed by atoms with van der Waals surface area (Å²) in [6, 6.07) is 11.1. The van der Waals surface area contributed by atoms with E-state index in [1.165, 1.54) is 7.11 Å². The second kappa shape index (κ2) is 7.73. The molecule has 0 spiro atoms. The van der Waals surface area contributed by atoms with Gasteiger partial charge in [-0.05, 0) is 29.8 Å². The average Bonchev–Trinajstić information content (AvgIpc) is 3.44. The number of aromatic nitrogens is 3. The molecular weight excluding hydrogens is 348 g/mol. The van der Waals surface area contributed by atoms with Crippen molar-refractivity contribution < 1.29 is 18.7 Å². The van der Waals surface area contributed by atoms with Gasteiger partial charge in [0.15, 0.2) is 6.23 Å². The highest BCUT2D eigenvalue weighted by molar-refractivity contribution is 5.89. The quantitative estimate of drug-likeness (QED) is 0.617. The molecule has 1 aromatic carbocycles. The number of hydrogen-bond acceptors (Lipinski definition) is 7. The van der Waals surface area contributed by atoms with Gasteiger partial charge in [0, 0.05) is 6.54 Å². The van der Waals surface area contributed by atoms with Gasteiger partial charge in [0.25, 0.3) is 0 Å². The number of carbonyl (C=O) groups is 1. The minimum absolute atomic E-state index is 0.231. The Labute approximate surface area is 156 Å². The summed E-state index contributed by atoms with van der Waals surface area (Å²) >= 11 is 0. The average molecular weight is 368 g/mol. The van der Waals surface area contributed by atoms with Crippen molar-refractivity contribution in [1.82, 2.24) is 19.9 Å². The number of rotatable bonds is 6. The van der Waals surface area contributed by atoms with E-state index in [0.717, 1.165) is 23.6 Å².